The van der Waals surface area contributed by atoms with Crippen LogP contribution in [0, 0.1) is 5.92 Å². The van der Waals surface area contributed by atoms with E-state index in [0.29, 0.717) is 12.5 Å². The number of ether oxygens (including phenoxy) is 1. The Morgan fingerprint density at radius 2 is 1.77 bits per heavy atom. The fourth-order valence-electron chi connectivity index (χ4n) is 3.75. The van der Waals surface area contributed by atoms with Gasteiger partial charge in [-0.1, -0.05) is 38.1 Å². The van der Waals surface area contributed by atoms with Crippen LogP contribution in [0.5, 0.6) is 0 Å². The lowest BCUT2D eigenvalue weighted by Crippen LogP contribution is -2.39. The summed E-state index contributed by atoms with van der Waals surface area (Å²) in [7, 11) is 0. The maximum Gasteiger partial charge on any atom is 0.191 e. The third kappa shape index (κ3) is 11.0. The molecule has 1 aromatic carbocycles. The Morgan fingerprint density at radius 3 is 2.35 bits per heavy atom. The highest BCUT2D eigenvalue weighted by atomic mass is 127. The number of likely N-dealkylation sites (tertiary alicyclic amines) is 1. The quantitative estimate of drug-likeness (QED) is 0.224. The van der Waals surface area contributed by atoms with Crippen molar-refractivity contribution in [3.05, 3.63) is 35.4 Å². The van der Waals surface area contributed by atoms with Gasteiger partial charge in [0.1, 0.15) is 0 Å². The van der Waals surface area contributed by atoms with Crippen LogP contribution in [0.4, 0.5) is 0 Å². The molecule has 0 aliphatic carbocycles. The number of aliphatic hydroxyl groups is 1. The molecule has 1 atom stereocenters. The normalized spacial score (nSPS) is 16.8. The number of hydrogen-bond donors (Lipinski definition) is 3. The molecule has 7 heteroatoms. The molecule has 0 aromatic heterocycles. The Balaban J connectivity index is 0.00000480. The lowest BCUT2D eigenvalue weighted by molar-refractivity contribution is 0.0258. The summed E-state index contributed by atoms with van der Waals surface area (Å²) >= 11 is 0. The maximum atomic E-state index is 9.65. The van der Waals surface area contributed by atoms with E-state index in [2.05, 4.69) is 67.5 Å². The lowest BCUT2D eigenvalue weighted by Gasteiger charge is -2.29. The second-order valence-electron chi connectivity index (χ2n) is 8.47. The van der Waals surface area contributed by atoms with Gasteiger partial charge in [-0.2, -0.15) is 0 Å². The number of guanidine groups is 1. The Labute approximate surface area is 206 Å². The zero-order chi connectivity index (χ0) is 21.8. The first-order valence-electron chi connectivity index (χ1n) is 11.6. The van der Waals surface area contributed by atoms with Crippen LogP contribution in [0.3, 0.4) is 0 Å². The van der Waals surface area contributed by atoms with Gasteiger partial charge in [0.2, 0.25) is 0 Å². The molecule has 3 N–H and O–H groups in total. The minimum Gasteiger partial charge on any atom is -0.393 e. The molecule has 0 radical (unpaired) electrons. The predicted molar refractivity (Wildman–Crippen MR) is 140 cm³/mol. The molecule has 6 nitrogen and oxygen atoms in total. The molecule has 0 saturated carbocycles. The SMILES string of the molecule is CCNC(=NCc1ccc(CN2CCC(O)CC2)cc1)NCCC(OCC)C(C)C.I. The van der Waals surface area contributed by atoms with Gasteiger partial charge in [0.05, 0.1) is 18.8 Å². The minimum absolute atomic E-state index is 0. The number of rotatable bonds is 11. The average molecular weight is 547 g/mol. The number of benzene rings is 1. The fraction of sp³-hybridized carbons (Fsp3) is 0.708. The van der Waals surface area contributed by atoms with E-state index in [0.717, 1.165) is 64.6 Å². The van der Waals surface area contributed by atoms with Gasteiger partial charge in [-0.3, -0.25) is 4.90 Å². The van der Waals surface area contributed by atoms with E-state index in [1.165, 1.54) is 11.1 Å². The van der Waals surface area contributed by atoms with Crippen LogP contribution >= 0.6 is 24.0 Å². The van der Waals surface area contributed by atoms with Crippen molar-refractivity contribution in [2.24, 2.45) is 10.9 Å². The zero-order valence-electron chi connectivity index (χ0n) is 19.8. The summed E-state index contributed by atoms with van der Waals surface area (Å²) in [6.45, 7) is 14.6. The first-order chi connectivity index (χ1) is 14.5. The predicted octanol–water partition coefficient (Wildman–Crippen LogP) is 3.77. The van der Waals surface area contributed by atoms with Gasteiger partial charge in [-0.05, 0) is 50.2 Å². The Kier molecular flexibility index (Phi) is 14.4. The van der Waals surface area contributed by atoms with Crippen LogP contribution < -0.4 is 10.6 Å². The maximum absolute atomic E-state index is 9.65. The first-order valence-corrected chi connectivity index (χ1v) is 11.6. The summed E-state index contributed by atoms with van der Waals surface area (Å²) < 4.78 is 5.83. The highest BCUT2D eigenvalue weighted by molar-refractivity contribution is 14.0. The zero-order valence-corrected chi connectivity index (χ0v) is 22.1. The Morgan fingerprint density at radius 1 is 1.13 bits per heavy atom. The standard InChI is InChI=1S/C24H42N4O2.HI/c1-5-25-24(26-14-11-23(19(3)4)30-6-2)27-17-20-7-9-21(10-8-20)18-28-15-12-22(29)13-16-28;/h7-10,19,22-23,29H,5-6,11-18H2,1-4H3,(H2,25,26,27);1H. The van der Waals surface area contributed by atoms with Crippen molar-refractivity contribution in [1.82, 2.24) is 15.5 Å². The summed E-state index contributed by atoms with van der Waals surface area (Å²) in [6, 6.07) is 8.74. The largest absolute Gasteiger partial charge is 0.393 e. The molecular formula is C24H43IN4O2. The van der Waals surface area contributed by atoms with E-state index in [-0.39, 0.29) is 36.2 Å². The number of halogens is 1. The molecule has 0 amide bonds. The minimum atomic E-state index is -0.114. The second kappa shape index (κ2) is 15.8. The van der Waals surface area contributed by atoms with Crippen LogP contribution in [-0.2, 0) is 17.8 Å². The molecule has 1 saturated heterocycles. The molecule has 1 aliphatic heterocycles. The highest BCUT2D eigenvalue weighted by Gasteiger charge is 2.16. The van der Waals surface area contributed by atoms with Crippen molar-refractivity contribution in [3.63, 3.8) is 0 Å². The molecule has 1 unspecified atom stereocenters. The van der Waals surface area contributed by atoms with Crippen molar-refractivity contribution in [1.29, 1.82) is 0 Å². The van der Waals surface area contributed by atoms with Crippen LogP contribution in [0.2, 0.25) is 0 Å². The van der Waals surface area contributed by atoms with Crippen molar-refractivity contribution in [3.8, 4) is 0 Å². The average Bonchev–Trinajstić information content (AvgIpc) is 2.74. The van der Waals surface area contributed by atoms with Crippen LogP contribution in [-0.4, -0.2) is 61.0 Å². The van der Waals surface area contributed by atoms with E-state index < -0.39 is 0 Å². The van der Waals surface area contributed by atoms with Gasteiger partial charge < -0.3 is 20.5 Å². The molecule has 31 heavy (non-hydrogen) atoms. The van der Waals surface area contributed by atoms with Crippen LogP contribution in [0.15, 0.2) is 29.3 Å². The van der Waals surface area contributed by atoms with E-state index in [1.807, 2.05) is 0 Å². The third-order valence-electron chi connectivity index (χ3n) is 5.60. The summed E-state index contributed by atoms with van der Waals surface area (Å²) in [6.07, 6.45) is 2.90. The Bertz CT molecular complexity index is 617. The highest BCUT2D eigenvalue weighted by Crippen LogP contribution is 2.14. The van der Waals surface area contributed by atoms with Crippen molar-refractivity contribution in [2.45, 2.75) is 72.3 Å². The number of piperidine rings is 1. The summed E-state index contributed by atoms with van der Waals surface area (Å²) in [5, 5.41) is 16.4. The number of nitrogens with one attached hydrogen (secondary N) is 2. The smallest absolute Gasteiger partial charge is 0.191 e. The van der Waals surface area contributed by atoms with E-state index in [9.17, 15) is 5.11 Å². The molecule has 1 heterocycles. The molecule has 178 valence electrons. The van der Waals surface area contributed by atoms with Gasteiger partial charge in [0.15, 0.2) is 5.96 Å². The molecular weight excluding hydrogens is 503 g/mol. The van der Waals surface area contributed by atoms with Crippen molar-refractivity contribution in [2.75, 3.05) is 32.8 Å². The lowest BCUT2D eigenvalue weighted by atomic mass is 10.0. The summed E-state index contributed by atoms with van der Waals surface area (Å²) in [5.41, 5.74) is 2.53. The molecule has 0 spiro atoms. The van der Waals surface area contributed by atoms with E-state index in [1.54, 1.807) is 0 Å². The van der Waals surface area contributed by atoms with Gasteiger partial charge in [-0.15, -0.1) is 24.0 Å². The molecule has 1 aliphatic rings. The first kappa shape index (κ1) is 28.1. The summed E-state index contributed by atoms with van der Waals surface area (Å²) in [4.78, 5) is 7.16. The van der Waals surface area contributed by atoms with Crippen molar-refractivity contribution >= 4 is 29.9 Å². The summed E-state index contributed by atoms with van der Waals surface area (Å²) in [5.74, 6) is 1.37. The monoisotopic (exact) mass is 546 g/mol. The fourth-order valence-corrected chi connectivity index (χ4v) is 3.75. The van der Waals surface area contributed by atoms with E-state index in [4.69, 9.17) is 9.73 Å². The topological polar surface area (TPSA) is 69.1 Å². The second-order valence-corrected chi connectivity index (χ2v) is 8.47. The number of nitrogens with zero attached hydrogens (tertiary/aromatic N) is 2. The molecule has 0 bridgehead atoms. The van der Waals surface area contributed by atoms with Crippen LogP contribution in [0.25, 0.3) is 0 Å². The number of aliphatic hydroxyl groups excluding tert-OH is 1. The van der Waals surface area contributed by atoms with Crippen molar-refractivity contribution < 1.29 is 9.84 Å². The number of aliphatic imine (C=N–C) groups is 1. The molecule has 1 fully saturated rings. The Hall–Kier alpha value is -0.900. The number of hydrogen-bond acceptors (Lipinski definition) is 4. The molecule has 2 rings (SSSR count). The van der Waals surface area contributed by atoms with Gasteiger partial charge in [0.25, 0.3) is 0 Å². The van der Waals surface area contributed by atoms with Gasteiger partial charge in [0, 0.05) is 39.3 Å². The third-order valence-corrected chi connectivity index (χ3v) is 5.60. The van der Waals surface area contributed by atoms with Gasteiger partial charge >= 0.3 is 0 Å². The van der Waals surface area contributed by atoms with Crippen LogP contribution in [0.1, 0.15) is 58.1 Å². The van der Waals surface area contributed by atoms with E-state index >= 15 is 0 Å². The molecule has 1 aromatic rings. The van der Waals surface area contributed by atoms with Gasteiger partial charge in [-0.25, -0.2) is 4.99 Å².